The lowest BCUT2D eigenvalue weighted by atomic mass is 10.0. The summed E-state index contributed by atoms with van der Waals surface area (Å²) in [5.74, 6) is 0.844. The van der Waals surface area contributed by atoms with E-state index in [-0.39, 0.29) is 5.97 Å². The lowest BCUT2D eigenvalue weighted by Crippen LogP contribution is -2.05. The van der Waals surface area contributed by atoms with E-state index < -0.39 is 0 Å². The van der Waals surface area contributed by atoms with Gasteiger partial charge in [0.05, 0.1) is 6.61 Å². The van der Waals surface area contributed by atoms with Crippen molar-refractivity contribution in [2.45, 2.75) is 188 Å². The van der Waals surface area contributed by atoms with E-state index in [1.54, 1.807) is 0 Å². The molecule has 0 spiro atoms. The van der Waals surface area contributed by atoms with Gasteiger partial charge in [-0.3, -0.25) is 4.79 Å². The first-order valence-corrected chi connectivity index (χ1v) is 15.8. The second-order valence-corrected chi connectivity index (χ2v) is 11.3. The fourth-order valence-corrected chi connectivity index (χ4v) is 4.79. The molecule has 0 heterocycles. The molecular formula is C32H64O2. The molecule has 0 aromatic carbocycles. The van der Waals surface area contributed by atoms with Crippen LogP contribution in [0, 0.1) is 5.92 Å². The summed E-state index contributed by atoms with van der Waals surface area (Å²) in [6, 6.07) is 0. The Morgan fingerprint density at radius 3 is 1.26 bits per heavy atom. The highest BCUT2D eigenvalue weighted by molar-refractivity contribution is 5.69. The fraction of sp³-hybridized carbons (Fsp3) is 0.969. The zero-order valence-electron chi connectivity index (χ0n) is 24.0. The van der Waals surface area contributed by atoms with E-state index in [1.165, 1.54) is 148 Å². The van der Waals surface area contributed by atoms with Gasteiger partial charge in [0.1, 0.15) is 0 Å². The Bertz CT molecular complexity index is 390. The maximum atomic E-state index is 11.8. The van der Waals surface area contributed by atoms with Crippen LogP contribution in [0.15, 0.2) is 0 Å². The zero-order valence-corrected chi connectivity index (χ0v) is 24.0. The SMILES string of the molecule is CCCCCCCCCCCCCCCCCCCCCC(=O)OCCCCCCCC(C)C. The number of carbonyl (C=O) groups is 1. The maximum absolute atomic E-state index is 11.8. The molecule has 0 aliphatic carbocycles. The summed E-state index contributed by atoms with van der Waals surface area (Å²) in [5.41, 5.74) is 0. The van der Waals surface area contributed by atoms with Crippen molar-refractivity contribution in [2.24, 2.45) is 5.92 Å². The van der Waals surface area contributed by atoms with E-state index in [2.05, 4.69) is 20.8 Å². The first-order valence-electron chi connectivity index (χ1n) is 15.8. The summed E-state index contributed by atoms with van der Waals surface area (Å²) in [7, 11) is 0. The summed E-state index contributed by atoms with van der Waals surface area (Å²) in [6.45, 7) is 7.50. The van der Waals surface area contributed by atoms with Gasteiger partial charge in [0.15, 0.2) is 0 Å². The lowest BCUT2D eigenvalue weighted by molar-refractivity contribution is -0.143. The summed E-state index contributed by atoms with van der Waals surface area (Å²) >= 11 is 0. The maximum Gasteiger partial charge on any atom is 0.305 e. The predicted octanol–water partition coefficient (Wildman–Crippen LogP) is 11.3. The third kappa shape index (κ3) is 29.5. The molecule has 0 radical (unpaired) electrons. The monoisotopic (exact) mass is 480 g/mol. The van der Waals surface area contributed by atoms with Crippen molar-refractivity contribution in [3.8, 4) is 0 Å². The number of unbranched alkanes of at least 4 members (excludes halogenated alkanes) is 22. The summed E-state index contributed by atoms with van der Waals surface area (Å²) in [6.07, 6.45) is 34.5. The summed E-state index contributed by atoms with van der Waals surface area (Å²) in [5, 5.41) is 0. The minimum absolute atomic E-state index is 0.0202. The van der Waals surface area contributed by atoms with E-state index in [9.17, 15) is 4.79 Å². The number of carbonyl (C=O) groups excluding carboxylic acids is 1. The van der Waals surface area contributed by atoms with E-state index in [0.717, 1.165) is 18.8 Å². The molecule has 204 valence electrons. The average Bonchev–Trinajstić information content (AvgIpc) is 2.82. The molecule has 2 nitrogen and oxygen atoms in total. The van der Waals surface area contributed by atoms with Crippen LogP contribution >= 0.6 is 0 Å². The zero-order chi connectivity index (χ0) is 25.0. The van der Waals surface area contributed by atoms with Crippen molar-refractivity contribution < 1.29 is 9.53 Å². The van der Waals surface area contributed by atoms with E-state index in [0.29, 0.717) is 13.0 Å². The highest BCUT2D eigenvalue weighted by atomic mass is 16.5. The van der Waals surface area contributed by atoms with Crippen molar-refractivity contribution in [1.29, 1.82) is 0 Å². The second kappa shape index (κ2) is 28.7. The molecule has 0 bridgehead atoms. The molecule has 2 heteroatoms. The Kier molecular flexibility index (Phi) is 28.3. The van der Waals surface area contributed by atoms with Crippen LogP contribution in [0.25, 0.3) is 0 Å². The number of rotatable bonds is 28. The molecule has 0 N–H and O–H groups in total. The molecule has 0 amide bonds. The molecule has 0 aromatic heterocycles. The molecule has 0 rings (SSSR count). The van der Waals surface area contributed by atoms with Crippen LogP contribution < -0.4 is 0 Å². The first kappa shape index (κ1) is 33.5. The molecule has 0 aliphatic heterocycles. The molecule has 0 aromatic rings. The number of hydrogen-bond acceptors (Lipinski definition) is 2. The highest BCUT2D eigenvalue weighted by Gasteiger charge is 2.03. The van der Waals surface area contributed by atoms with Gasteiger partial charge in [-0.05, 0) is 18.8 Å². The average molecular weight is 481 g/mol. The largest absolute Gasteiger partial charge is 0.466 e. The van der Waals surface area contributed by atoms with Gasteiger partial charge >= 0.3 is 5.97 Å². The predicted molar refractivity (Wildman–Crippen MR) is 152 cm³/mol. The minimum Gasteiger partial charge on any atom is -0.466 e. The normalized spacial score (nSPS) is 11.4. The van der Waals surface area contributed by atoms with Crippen LogP contribution in [0.1, 0.15) is 188 Å². The molecule has 0 saturated carbocycles. The molecule has 34 heavy (non-hydrogen) atoms. The quantitative estimate of drug-likeness (QED) is 0.0821. The van der Waals surface area contributed by atoms with Crippen molar-refractivity contribution in [1.82, 2.24) is 0 Å². The van der Waals surface area contributed by atoms with Gasteiger partial charge in [0, 0.05) is 6.42 Å². The van der Waals surface area contributed by atoms with Crippen molar-refractivity contribution in [3.05, 3.63) is 0 Å². The van der Waals surface area contributed by atoms with Gasteiger partial charge in [0.2, 0.25) is 0 Å². The Balaban J connectivity index is 3.13. The third-order valence-corrected chi connectivity index (χ3v) is 7.17. The number of hydrogen-bond donors (Lipinski definition) is 0. The van der Waals surface area contributed by atoms with E-state index >= 15 is 0 Å². The van der Waals surface area contributed by atoms with E-state index in [1.807, 2.05) is 0 Å². The Labute approximate surface area is 215 Å². The van der Waals surface area contributed by atoms with Gasteiger partial charge in [-0.15, -0.1) is 0 Å². The molecular weight excluding hydrogens is 416 g/mol. The Morgan fingerprint density at radius 2 is 0.853 bits per heavy atom. The highest BCUT2D eigenvalue weighted by Crippen LogP contribution is 2.15. The van der Waals surface area contributed by atoms with Gasteiger partial charge < -0.3 is 4.74 Å². The fourth-order valence-electron chi connectivity index (χ4n) is 4.79. The molecule has 0 aliphatic rings. The molecule has 0 atom stereocenters. The van der Waals surface area contributed by atoms with E-state index in [4.69, 9.17) is 4.74 Å². The molecule has 0 fully saturated rings. The second-order valence-electron chi connectivity index (χ2n) is 11.3. The van der Waals surface area contributed by atoms with Crippen LogP contribution in [0.3, 0.4) is 0 Å². The third-order valence-electron chi connectivity index (χ3n) is 7.17. The van der Waals surface area contributed by atoms with Crippen LogP contribution in [0.2, 0.25) is 0 Å². The van der Waals surface area contributed by atoms with Crippen LogP contribution in [0.5, 0.6) is 0 Å². The first-order chi connectivity index (χ1) is 16.7. The summed E-state index contributed by atoms with van der Waals surface area (Å²) < 4.78 is 5.38. The summed E-state index contributed by atoms with van der Waals surface area (Å²) in [4.78, 5) is 11.8. The van der Waals surface area contributed by atoms with Gasteiger partial charge in [-0.25, -0.2) is 0 Å². The lowest BCUT2D eigenvalue weighted by Gasteiger charge is -2.06. The van der Waals surface area contributed by atoms with Crippen molar-refractivity contribution >= 4 is 5.97 Å². The van der Waals surface area contributed by atoms with Crippen LogP contribution in [-0.4, -0.2) is 12.6 Å². The van der Waals surface area contributed by atoms with Gasteiger partial charge in [0.25, 0.3) is 0 Å². The van der Waals surface area contributed by atoms with Crippen molar-refractivity contribution in [2.75, 3.05) is 6.61 Å². The number of esters is 1. The molecule has 0 saturated heterocycles. The van der Waals surface area contributed by atoms with Gasteiger partial charge in [-0.2, -0.15) is 0 Å². The molecule has 0 unspecified atom stereocenters. The Hall–Kier alpha value is -0.530. The topological polar surface area (TPSA) is 26.3 Å². The van der Waals surface area contributed by atoms with Gasteiger partial charge in [-0.1, -0.05) is 168 Å². The smallest absolute Gasteiger partial charge is 0.305 e. The Morgan fingerprint density at radius 1 is 0.500 bits per heavy atom. The number of ether oxygens (including phenoxy) is 1. The van der Waals surface area contributed by atoms with Crippen LogP contribution in [-0.2, 0) is 9.53 Å². The van der Waals surface area contributed by atoms with Crippen molar-refractivity contribution in [3.63, 3.8) is 0 Å². The minimum atomic E-state index is 0.0202. The van der Waals surface area contributed by atoms with Crippen LogP contribution in [0.4, 0.5) is 0 Å². The standard InChI is InChI=1S/C32H64O2/c1-4-5-6-7-8-9-10-11-12-13-14-15-16-17-18-19-20-23-26-29-32(33)34-30-27-24-21-22-25-28-31(2)3/h31H,4-30H2,1-3H3.